The van der Waals surface area contributed by atoms with E-state index < -0.39 is 0 Å². The Bertz CT molecular complexity index is 1420. The standard InChI is InChI=1S/C24H18Cl2N4O2S/c1-15(16-11-12-19(25)20(26)13-16)28-29-22(31)14-33-24-27-21-10-6-5-9-18(21)23(32)30(24)17-7-3-2-4-8-17/h2-13H,14H2,1H3,(H,29,31). The van der Waals surface area contributed by atoms with Gasteiger partial charge in [-0.1, -0.05) is 71.4 Å². The maximum Gasteiger partial charge on any atom is 0.266 e. The Morgan fingerprint density at radius 1 is 1.03 bits per heavy atom. The van der Waals surface area contributed by atoms with E-state index in [4.69, 9.17) is 23.2 Å². The maximum atomic E-state index is 13.2. The number of para-hydroxylation sites is 2. The van der Waals surface area contributed by atoms with Crippen LogP contribution in [0.2, 0.25) is 10.0 Å². The molecule has 0 fully saturated rings. The zero-order chi connectivity index (χ0) is 23.4. The Balaban J connectivity index is 1.56. The predicted molar refractivity (Wildman–Crippen MR) is 135 cm³/mol. The highest BCUT2D eigenvalue weighted by atomic mass is 35.5. The molecule has 1 N–H and O–H groups in total. The summed E-state index contributed by atoms with van der Waals surface area (Å²) >= 11 is 13.2. The first-order chi connectivity index (χ1) is 15.9. The topological polar surface area (TPSA) is 76.3 Å². The van der Waals surface area contributed by atoms with Gasteiger partial charge in [-0.25, -0.2) is 10.4 Å². The van der Waals surface area contributed by atoms with Crippen molar-refractivity contribution in [3.63, 3.8) is 0 Å². The third-order valence-corrected chi connectivity index (χ3v) is 6.45. The van der Waals surface area contributed by atoms with Gasteiger partial charge < -0.3 is 0 Å². The van der Waals surface area contributed by atoms with Gasteiger partial charge in [-0.3, -0.25) is 14.2 Å². The normalized spacial score (nSPS) is 11.5. The number of aromatic nitrogens is 2. The van der Waals surface area contributed by atoms with Crippen molar-refractivity contribution in [2.75, 3.05) is 5.75 Å². The average molecular weight is 497 g/mol. The highest BCUT2D eigenvalue weighted by Crippen LogP contribution is 2.23. The summed E-state index contributed by atoms with van der Waals surface area (Å²) in [6.45, 7) is 1.75. The van der Waals surface area contributed by atoms with Crippen molar-refractivity contribution < 1.29 is 4.79 Å². The lowest BCUT2D eigenvalue weighted by Gasteiger charge is -2.13. The number of hydrogen-bond donors (Lipinski definition) is 1. The van der Waals surface area contributed by atoms with Gasteiger partial charge in [-0.05, 0) is 48.9 Å². The number of carbonyl (C=O) groups is 1. The molecule has 166 valence electrons. The molecule has 0 saturated carbocycles. The first-order valence-electron chi connectivity index (χ1n) is 9.92. The van der Waals surface area contributed by atoms with Gasteiger partial charge in [0.2, 0.25) is 0 Å². The summed E-state index contributed by atoms with van der Waals surface area (Å²) in [5.74, 6) is -0.308. The van der Waals surface area contributed by atoms with Crippen LogP contribution < -0.4 is 11.0 Å². The fraction of sp³-hybridized carbons (Fsp3) is 0.0833. The molecule has 1 amide bonds. The van der Waals surface area contributed by atoms with Gasteiger partial charge in [-0.2, -0.15) is 5.10 Å². The molecule has 4 rings (SSSR count). The van der Waals surface area contributed by atoms with E-state index in [1.165, 1.54) is 4.57 Å². The van der Waals surface area contributed by atoms with Crippen molar-refractivity contribution in [1.29, 1.82) is 0 Å². The van der Waals surface area contributed by atoms with Crippen molar-refractivity contribution in [2.45, 2.75) is 12.1 Å². The summed E-state index contributed by atoms with van der Waals surface area (Å²) in [6.07, 6.45) is 0. The molecule has 0 radical (unpaired) electrons. The molecule has 0 aliphatic rings. The molecule has 0 bridgehead atoms. The van der Waals surface area contributed by atoms with E-state index in [1.807, 2.05) is 36.4 Å². The summed E-state index contributed by atoms with van der Waals surface area (Å²) in [6, 6.07) is 21.5. The molecule has 0 unspecified atom stereocenters. The van der Waals surface area contributed by atoms with E-state index in [9.17, 15) is 9.59 Å². The fourth-order valence-electron chi connectivity index (χ4n) is 3.11. The summed E-state index contributed by atoms with van der Waals surface area (Å²) in [7, 11) is 0. The molecule has 0 saturated heterocycles. The zero-order valence-electron chi connectivity index (χ0n) is 17.5. The zero-order valence-corrected chi connectivity index (χ0v) is 19.8. The van der Waals surface area contributed by atoms with Crippen molar-refractivity contribution in [3.05, 3.63) is 98.8 Å². The van der Waals surface area contributed by atoms with E-state index in [0.29, 0.717) is 37.5 Å². The summed E-state index contributed by atoms with van der Waals surface area (Å²) in [5, 5.41) is 5.93. The Hall–Kier alpha value is -3.13. The van der Waals surface area contributed by atoms with E-state index in [2.05, 4.69) is 15.5 Å². The number of nitrogens with zero attached hydrogens (tertiary/aromatic N) is 3. The van der Waals surface area contributed by atoms with Gasteiger partial charge in [0.05, 0.1) is 38.1 Å². The number of hydrogen-bond acceptors (Lipinski definition) is 5. The molecule has 3 aromatic carbocycles. The second kappa shape index (κ2) is 10.2. The Kier molecular flexibility index (Phi) is 7.13. The molecule has 33 heavy (non-hydrogen) atoms. The number of benzene rings is 3. The van der Waals surface area contributed by atoms with E-state index in [-0.39, 0.29) is 17.2 Å². The largest absolute Gasteiger partial charge is 0.272 e. The minimum atomic E-state index is -0.332. The number of fused-ring (bicyclic) bond motifs is 1. The number of hydrazone groups is 1. The van der Waals surface area contributed by atoms with Crippen LogP contribution in [0, 0.1) is 0 Å². The molecule has 0 atom stereocenters. The number of amides is 1. The van der Waals surface area contributed by atoms with E-state index in [1.54, 1.807) is 43.3 Å². The lowest BCUT2D eigenvalue weighted by atomic mass is 10.1. The van der Waals surface area contributed by atoms with Crippen molar-refractivity contribution in [1.82, 2.24) is 15.0 Å². The molecule has 9 heteroatoms. The third-order valence-electron chi connectivity index (χ3n) is 4.78. The molecule has 6 nitrogen and oxygen atoms in total. The second-order valence-electron chi connectivity index (χ2n) is 7.04. The molecule has 0 aliphatic heterocycles. The molecular weight excluding hydrogens is 479 g/mol. The van der Waals surface area contributed by atoms with Gasteiger partial charge in [0, 0.05) is 0 Å². The van der Waals surface area contributed by atoms with Crippen LogP contribution in [-0.2, 0) is 4.79 Å². The first kappa shape index (κ1) is 23.0. The average Bonchev–Trinajstić information content (AvgIpc) is 2.83. The van der Waals surface area contributed by atoms with E-state index in [0.717, 1.165) is 17.3 Å². The molecule has 0 spiro atoms. The van der Waals surface area contributed by atoms with Crippen LogP contribution in [0.3, 0.4) is 0 Å². The van der Waals surface area contributed by atoms with Crippen LogP contribution in [0.15, 0.2) is 87.8 Å². The number of carbonyl (C=O) groups excluding carboxylic acids is 1. The molecule has 4 aromatic rings. The Morgan fingerprint density at radius 3 is 2.52 bits per heavy atom. The highest BCUT2D eigenvalue weighted by molar-refractivity contribution is 7.99. The monoisotopic (exact) mass is 496 g/mol. The number of rotatable bonds is 6. The van der Waals surface area contributed by atoms with Crippen molar-refractivity contribution in [3.8, 4) is 5.69 Å². The number of nitrogens with one attached hydrogen (secondary N) is 1. The van der Waals surface area contributed by atoms with Gasteiger partial charge in [0.25, 0.3) is 11.5 Å². The minimum Gasteiger partial charge on any atom is -0.272 e. The highest BCUT2D eigenvalue weighted by Gasteiger charge is 2.14. The van der Waals surface area contributed by atoms with Gasteiger partial charge in [-0.15, -0.1) is 0 Å². The Labute approximate surface area is 204 Å². The molecule has 0 aliphatic carbocycles. The van der Waals surface area contributed by atoms with Crippen molar-refractivity contribution in [2.24, 2.45) is 5.10 Å². The molecular formula is C24H18Cl2N4O2S. The fourth-order valence-corrected chi connectivity index (χ4v) is 4.21. The Morgan fingerprint density at radius 2 is 1.76 bits per heavy atom. The quantitative estimate of drug-likeness (QED) is 0.169. The smallest absolute Gasteiger partial charge is 0.266 e. The third kappa shape index (κ3) is 5.27. The maximum absolute atomic E-state index is 13.2. The van der Waals surface area contributed by atoms with Crippen LogP contribution in [-0.4, -0.2) is 26.9 Å². The van der Waals surface area contributed by atoms with Crippen molar-refractivity contribution >= 4 is 57.5 Å². The van der Waals surface area contributed by atoms with Crippen LogP contribution in [0.4, 0.5) is 0 Å². The SMILES string of the molecule is CC(=NNC(=O)CSc1nc2ccccc2c(=O)n1-c1ccccc1)c1ccc(Cl)c(Cl)c1. The molecule has 1 heterocycles. The van der Waals surface area contributed by atoms with Crippen LogP contribution in [0.1, 0.15) is 12.5 Å². The van der Waals surface area contributed by atoms with Crippen LogP contribution in [0.25, 0.3) is 16.6 Å². The lowest BCUT2D eigenvalue weighted by Crippen LogP contribution is -2.24. The van der Waals surface area contributed by atoms with Crippen LogP contribution >= 0.6 is 35.0 Å². The lowest BCUT2D eigenvalue weighted by molar-refractivity contribution is -0.118. The predicted octanol–water partition coefficient (Wildman–Crippen LogP) is 5.33. The summed E-state index contributed by atoms with van der Waals surface area (Å²) in [4.78, 5) is 30.3. The van der Waals surface area contributed by atoms with Gasteiger partial charge in [0.1, 0.15) is 0 Å². The molecule has 1 aromatic heterocycles. The van der Waals surface area contributed by atoms with Crippen LogP contribution in [0.5, 0.6) is 0 Å². The summed E-state index contributed by atoms with van der Waals surface area (Å²) in [5.41, 5.74) is 4.92. The number of thioether (sulfide) groups is 1. The van der Waals surface area contributed by atoms with E-state index >= 15 is 0 Å². The first-order valence-corrected chi connectivity index (χ1v) is 11.7. The number of halogens is 2. The minimum absolute atomic E-state index is 0.0236. The van der Waals surface area contributed by atoms with Gasteiger partial charge >= 0.3 is 0 Å². The second-order valence-corrected chi connectivity index (χ2v) is 8.79. The van der Waals surface area contributed by atoms with Gasteiger partial charge in [0.15, 0.2) is 5.16 Å². The summed E-state index contributed by atoms with van der Waals surface area (Å²) < 4.78 is 1.52.